The molecule has 0 aliphatic carbocycles. The fourth-order valence-corrected chi connectivity index (χ4v) is 4.06. The lowest BCUT2D eigenvalue weighted by molar-refractivity contribution is 0.102. The first-order valence-corrected chi connectivity index (χ1v) is 9.82. The molecular weight excluding hydrogens is 358 g/mol. The molecule has 4 rings (SSSR count). The fourth-order valence-electron chi connectivity index (χ4n) is 3.49. The van der Waals surface area contributed by atoms with Crippen LogP contribution < -0.4 is 5.32 Å². The Kier molecular flexibility index (Phi) is 5.22. The number of likely N-dealkylation sites (tertiary alicyclic amines) is 1. The van der Waals surface area contributed by atoms with Gasteiger partial charge < -0.3 is 0 Å². The molecular formula is C20H21N5OS. The van der Waals surface area contributed by atoms with Crippen LogP contribution in [-0.4, -0.2) is 31.7 Å². The third-order valence-electron chi connectivity index (χ3n) is 4.72. The Hall–Kier alpha value is -2.64. The number of hydrogen-bond donors (Lipinski definition) is 1. The normalized spacial score (nSPS) is 17.1. The molecule has 1 N–H and O–H groups in total. The minimum atomic E-state index is -0.157. The highest BCUT2D eigenvalue weighted by Crippen LogP contribution is 2.32. The van der Waals surface area contributed by atoms with Gasteiger partial charge in [-0.2, -0.15) is 4.37 Å². The molecule has 7 heteroatoms. The van der Waals surface area contributed by atoms with Crippen LogP contribution in [0, 0.1) is 6.92 Å². The summed E-state index contributed by atoms with van der Waals surface area (Å²) in [5.41, 5.74) is 2.88. The topological polar surface area (TPSA) is 71.0 Å². The number of amides is 1. The van der Waals surface area contributed by atoms with Crippen LogP contribution in [0.5, 0.6) is 0 Å². The van der Waals surface area contributed by atoms with Crippen molar-refractivity contribution in [1.82, 2.24) is 19.2 Å². The molecule has 1 fully saturated rings. The van der Waals surface area contributed by atoms with Gasteiger partial charge in [0.15, 0.2) is 0 Å². The van der Waals surface area contributed by atoms with E-state index < -0.39 is 0 Å². The molecule has 2 aromatic heterocycles. The Morgan fingerprint density at radius 2 is 2.22 bits per heavy atom. The van der Waals surface area contributed by atoms with Gasteiger partial charge in [-0.05, 0) is 56.1 Å². The number of carbonyl (C=O) groups is 1. The first-order valence-electron chi connectivity index (χ1n) is 9.04. The highest BCUT2D eigenvalue weighted by molar-refractivity contribution is 7.09. The molecule has 1 aromatic carbocycles. The number of aryl methyl sites for hydroxylation is 1. The Morgan fingerprint density at radius 1 is 1.30 bits per heavy atom. The molecule has 27 heavy (non-hydrogen) atoms. The summed E-state index contributed by atoms with van der Waals surface area (Å²) in [4.78, 5) is 23.7. The molecule has 6 nitrogen and oxygen atoms in total. The summed E-state index contributed by atoms with van der Waals surface area (Å²) in [6, 6.07) is 14.2. The second kappa shape index (κ2) is 7.94. The maximum atomic E-state index is 12.5. The molecule has 0 spiro atoms. The average Bonchev–Trinajstić information content (AvgIpc) is 3.31. The zero-order valence-electron chi connectivity index (χ0n) is 15.1. The van der Waals surface area contributed by atoms with Gasteiger partial charge in [-0.25, -0.2) is 4.98 Å². The molecule has 1 saturated heterocycles. The summed E-state index contributed by atoms with van der Waals surface area (Å²) < 4.78 is 4.09. The standard InChI is InChI=1S/C20H21N5OS/c1-14-22-20(27-24-14)23-19(26)16-7-4-6-15(12-16)13-25-11-5-9-18(25)17-8-2-3-10-21-17/h2-4,6-8,10,12,18H,5,9,11,13H2,1H3,(H,22,23,24,26). The van der Waals surface area contributed by atoms with Crippen LogP contribution >= 0.6 is 11.5 Å². The van der Waals surface area contributed by atoms with Crippen molar-refractivity contribution in [3.8, 4) is 0 Å². The molecule has 1 unspecified atom stereocenters. The van der Waals surface area contributed by atoms with Crippen LogP contribution in [0.4, 0.5) is 5.13 Å². The molecule has 0 radical (unpaired) electrons. The van der Waals surface area contributed by atoms with Gasteiger partial charge in [-0.1, -0.05) is 18.2 Å². The number of anilines is 1. The van der Waals surface area contributed by atoms with Crippen molar-refractivity contribution >= 4 is 22.6 Å². The van der Waals surface area contributed by atoms with Crippen LogP contribution in [0.2, 0.25) is 0 Å². The van der Waals surface area contributed by atoms with Gasteiger partial charge in [-0.15, -0.1) is 0 Å². The SMILES string of the molecule is Cc1nsc(NC(=O)c2cccc(CN3CCCC3c3ccccn3)c2)n1. The minimum Gasteiger partial charge on any atom is -0.297 e. The Labute approximate surface area is 162 Å². The zero-order valence-corrected chi connectivity index (χ0v) is 15.9. The maximum Gasteiger partial charge on any atom is 0.257 e. The lowest BCUT2D eigenvalue weighted by atomic mass is 10.1. The first-order chi connectivity index (χ1) is 13.2. The van der Waals surface area contributed by atoms with Gasteiger partial charge in [0.1, 0.15) is 5.82 Å². The van der Waals surface area contributed by atoms with E-state index in [4.69, 9.17) is 0 Å². The summed E-state index contributed by atoms with van der Waals surface area (Å²) in [5, 5.41) is 3.34. The summed E-state index contributed by atoms with van der Waals surface area (Å²) in [6.45, 7) is 3.66. The molecule has 3 aromatic rings. The lowest BCUT2D eigenvalue weighted by Gasteiger charge is -2.24. The number of benzene rings is 1. The van der Waals surface area contributed by atoms with E-state index in [-0.39, 0.29) is 5.91 Å². The van der Waals surface area contributed by atoms with E-state index in [9.17, 15) is 4.79 Å². The summed E-state index contributed by atoms with van der Waals surface area (Å²) >= 11 is 1.19. The predicted molar refractivity (Wildman–Crippen MR) is 106 cm³/mol. The quantitative estimate of drug-likeness (QED) is 0.729. The van der Waals surface area contributed by atoms with Crippen molar-refractivity contribution in [2.45, 2.75) is 32.4 Å². The van der Waals surface area contributed by atoms with Gasteiger partial charge in [0, 0.05) is 29.8 Å². The second-order valence-electron chi connectivity index (χ2n) is 6.68. The van der Waals surface area contributed by atoms with Crippen molar-refractivity contribution in [2.75, 3.05) is 11.9 Å². The highest BCUT2D eigenvalue weighted by atomic mass is 32.1. The van der Waals surface area contributed by atoms with Crippen molar-refractivity contribution in [3.63, 3.8) is 0 Å². The van der Waals surface area contributed by atoms with E-state index in [1.54, 1.807) is 6.92 Å². The second-order valence-corrected chi connectivity index (χ2v) is 7.44. The molecule has 3 heterocycles. The molecule has 0 saturated carbocycles. The minimum absolute atomic E-state index is 0.157. The number of rotatable bonds is 5. The third-order valence-corrected chi connectivity index (χ3v) is 5.44. The van der Waals surface area contributed by atoms with E-state index in [0.29, 0.717) is 22.6 Å². The number of nitrogens with zero attached hydrogens (tertiary/aromatic N) is 4. The smallest absolute Gasteiger partial charge is 0.257 e. The summed E-state index contributed by atoms with van der Waals surface area (Å²) in [5.74, 6) is 0.509. The van der Waals surface area contributed by atoms with E-state index in [1.165, 1.54) is 11.5 Å². The molecule has 1 aliphatic heterocycles. The Bertz CT molecular complexity index is 927. The van der Waals surface area contributed by atoms with E-state index >= 15 is 0 Å². The summed E-state index contributed by atoms with van der Waals surface area (Å²) in [6.07, 6.45) is 4.14. The third kappa shape index (κ3) is 4.20. The van der Waals surface area contributed by atoms with Crippen LogP contribution in [0.25, 0.3) is 0 Å². The lowest BCUT2D eigenvalue weighted by Crippen LogP contribution is -2.23. The van der Waals surface area contributed by atoms with Crippen molar-refractivity contribution in [1.29, 1.82) is 0 Å². The number of carbonyl (C=O) groups excluding carboxylic acids is 1. The fraction of sp³-hybridized carbons (Fsp3) is 0.300. The van der Waals surface area contributed by atoms with Crippen LogP contribution in [0.15, 0.2) is 48.7 Å². The zero-order chi connectivity index (χ0) is 18.6. The van der Waals surface area contributed by atoms with Crippen molar-refractivity contribution in [2.24, 2.45) is 0 Å². The maximum absolute atomic E-state index is 12.5. The molecule has 1 amide bonds. The summed E-state index contributed by atoms with van der Waals surface area (Å²) in [7, 11) is 0. The van der Waals surface area contributed by atoms with Crippen LogP contribution in [0.3, 0.4) is 0 Å². The van der Waals surface area contributed by atoms with Crippen molar-refractivity contribution < 1.29 is 4.79 Å². The van der Waals surface area contributed by atoms with Gasteiger partial charge in [-0.3, -0.25) is 20.0 Å². The van der Waals surface area contributed by atoms with Crippen molar-refractivity contribution in [3.05, 3.63) is 71.3 Å². The Balaban J connectivity index is 1.46. The first kappa shape index (κ1) is 17.8. The molecule has 138 valence electrons. The number of nitrogens with one attached hydrogen (secondary N) is 1. The number of hydrogen-bond acceptors (Lipinski definition) is 6. The van der Waals surface area contributed by atoms with E-state index in [0.717, 1.165) is 37.2 Å². The van der Waals surface area contributed by atoms with Gasteiger partial charge in [0.05, 0.1) is 11.7 Å². The van der Waals surface area contributed by atoms with Gasteiger partial charge in [0.25, 0.3) is 5.91 Å². The van der Waals surface area contributed by atoms with Gasteiger partial charge >= 0.3 is 0 Å². The van der Waals surface area contributed by atoms with E-state index in [1.807, 2.05) is 36.5 Å². The highest BCUT2D eigenvalue weighted by Gasteiger charge is 2.26. The largest absolute Gasteiger partial charge is 0.297 e. The molecule has 1 atom stereocenters. The van der Waals surface area contributed by atoms with Crippen LogP contribution in [0.1, 0.15) is 46.3 Å². The average molecular weight is 379 g/mol. The monoisotopic (exact) mass is 379 g/mol. The van der Waals surface area contributed by atoms with E-state index in [2.05, 4.69) is 36.7 Å². The predicted octanol–water partition coefficient (Wildman–Crippen LogP) is 3.83. The Morgan fingerprint density at radius 3 is 3.00 bits per heavy atom. The number of pyridine rings is 1. The van der Waals surface area contributed by atoms with Gasteiger partial charge in [0.2, 0.25) is 5.13 Å². The van der Waals surface area contributed by atoms with Crippen LogP contribution in [-0.2, 0) is 6.54 Å². The molecule has 0 bridgehead atoms. The number of aromatic nitrogens is 3. The molecule has 1 aliphatic rings.